The van der Waals surface area contributed by atoms with Gasteiger partial charge in [0.15, 0.2) is 0 Å². The van der Waals surface area contributed by atoms with Gasteiger partial charge < -0.3 is 9.72 Å². The number of morpholine rings is 1. The highest BCUT2D eigenvalue weighted by Gasteiger charge is 2.27. The number of aromatic nitrogens is 1. The van der Waals surface area contributed by atoms with Gasteiger partial charge >= 0.3 is 0 Å². The topological polar surface area (TPSA) is 138 Å². The number of sulfonamides is 1. The Morgan fingerprint density at radius 3 is 2.47 bits per heavy atom. The van der Waals surface area contributed by atoms with Crippen LogP contribution in [0, 0.1) is 0 Å². The number of para-hydroxylation sites is 1. The molecule has 2 heterocycles. The Morgan fingerprint density at radius 2 is 1.69 bits per heavy atom. The number of pyridine rings is 1. The van der Waals surface area contributed by atoms with Gasteiger partial charge in [-0.25, -0.2) is 8.42 Å². The fourth-order valence-corrected chi connectivity index (χ4v) is 4.78. The third-order valence-electron chi connectivity index (χ3n) is 5.03. The van der Waals surface area contributed by atoms with Crippen LogP contribution >= 0.6 is 0 Å². The molecule has 0 radical (unpaired) electrons. The second-order valence-corrected chi connectivity index (χ2v) is 8.97. The molecule has 0 atom stereocenters. The number of hydrogen-bond donors (Lipinski definition) is 3. The zero-order valence-electron chi connectivity index (χ0n) is 16.8. The number of amides is 2. The number of H-pyrrole nitrogens is 1. The van der Waals surface area contributed by atoms with E-state index in [1.54, 1.807) is 24.3 Å². The molecule has 0 unspecified atom stereocenters. The first-order valence-electron chi connectivity index (χ1n) is 9.77. The van der Waals surface area contributed by atoms with E-state index in [-0.39, 0.29) is 29.1 Å². The van der Waals surface area contributed by atoms with Gasteiger partial charge in [-0.05, 0) is 30.3 Å². The van der Waals surface area contributed by atoms with Crippen LogP contribution in [0.2, 0.25) is 0 Å². The smallest absolute Gasteiger partial charge is 0.275 e. The molecule has 32 heavy (non-hydrogen) atoms. The number of nitrogens with zero attached hydrogens (tertiary/aromatic N) is 1. The Hall–Kier alpha value is -3.54. The van der Waals surface area contributed by atoms with E-state index in [4.69, 9.17) is 4.74 Å². The minimum atomic E-state index is -3.78. The summed E-state index contributed by atoms with van der Waals surface area (Å²) in [5, 5.41) is 0.340. The Bertz CT molecular complexity index is 1350. The van der Waals surface area contributed by atoms with Crippen LogP contribution in [-0.4, -0.2) is 55.8 Å². The molecule has 3 N–H and O–H groups in total. The van der Waals surface area contributed by atoms with Crippen molar-refractivity contribution in [1.82, 2.24) is 20.1 Å². The van der Waals surface area contributed by atoms with Gasteiger partial charge in [0.25, 0.3) is 11.8 Å². The van der Waals surface area contributed by atoms with Crippen LogP contribution in [0.3, 0.4) is 0 Å². The molecule has 1 aliphatic rings. The molecule has 1 aliphatic heterocycles. The SMILES string of the molecule is O=C(NNC(=O)c1c[nH]c2ccccc2c1=O)c1cccc(S(=O)(=O)N2CCOCC2)c1. The molecule has 0 aliphatic carbocycles. The third-order valence-corrected chi connectivity index (χ3v) is 6.92. The van der Waals surface area contributed by atoms with E-state index < -0.39 is 27.3 Å². The second-order valence-electron chi connectivity index (χ2n) is 7.03. The molecule has 11 heteroatoms. The number of carbonyl (C=O) groups is 2. The molecule has 0 bridgehead atoms. The zero-order valence-corrected chi connectivity index (χ0v) is 17.6. The first-order valence-corrected chi connectivity index (χ1v) is 11.2. The average Bonchev–Trinajstić information content (AvgIpc) is 2.83. The first-order chi connectivity index (χ1) is 15.4. The maximum atomic E-state index is 12.8. The molecule has 0 spiro atoms. The van der Waals surface area contributed by atoms with E-state index in [0.29, 0.717) is 24.1 Å². The summed E-state index contributed by atoms with van der Waals surface area (Å²) in [6, 6.07) is 12.2. The van der Waals surface area contributed by atoms with E-state index in [1.165, 1.54) is 34.8 Å². The van der Waals surface area contributed by atoms with E-state index in [0.717, 1.165) is 0 Å². The van der Waals surface area contributed by atoms with Crippen molar-refractivity contribution in [3.8, 4) is 0 Å². The van der Waals surface area contributed by atoms with Crippen LogP contribution in [0.1, 0.15) is 20.7 Å². The molecular weight excluding hydrogens is 436 g/mol. The average molecular weight is 456 g/mol. The Morgan fingerprint density at radius 1 is 0.969 bits per heavy atom. The molecular formula is C21H20N4O6S. The zero-order chi connectivity index (χ0) is 22.7. The number of benzene rings is 2. The monoisotopic (exact) mass is 456 g/mol. The number of carbonyl (C=O) groups excluding carboxylic acids is 2. The molecule has 1 saturated heterocycles. The highest BCUT2D eigenvalue weighted by atomic mass is 32.2. The van der Waals surface area contributed by atoms with Gasteiger partial charge in [0.05, 0.1) is 18.1 Å². The summed E-state index contributed by atoms with van der Waals surface area (Å²) >= 11 is 0. The van der Waals surface area contributed by atoms with Crippen molar-refractivity contribution in [2.24, 2.45) is 0 Å². The fraction of sp³-hybridized carbons (Fsp3) is 0.190. The number of ether oxygens (including phenoxy) is 1. The van der Waals surface area contributed by atoms with Gasteiger partial charge in [-0.15, -0.1) is 0 Å². The van der Waals surface area contributed by atoms with Crippen molar-refractivity contribution in [3.05, 3.63) is 76.1 Å². The second kappa shape index (κ2) is 8.91. The van der Waals surface area contributed by atoms with E-state index in [2.05, 4.69) is 15.8 Å². The largest absolute Gasteiger partial charge is 0.379 e. The van der Waals surface area contributed by atoms with Crippen LogP contribution in [0.25, 0.3) is 10.9 Å². The van der Waals surface area contributed by atoms with Gasteiger partial charge in [0.2, 0.25) is 15.5 Å². The lowest BCUT2D eigenvalue weighted by Crippen LogP contribution is -2.43. The molecule has 4 rings (SSSR count). The summed E-state index contributed by atoms with van der Waals surface area (Å²) in [5.74, 6) is -1.53. The lowest BCUT2D eigenvalue weighted by molar-refractivity contribution is 0.0730. The van der Waals surface area contributed by atoms with E-state index in [1.807, 2.05) is 0 Å². The number of rotatable bonds is 4. The minimum Gasteiger partial charge on any atom is -0.379 e. The quantitative estimate of drug-likeness (QED) is 0.492. The Kier molecular flexibility index (Phi) is 6.04. The van der Waals surface area contributed by atoms with Crippen molar-refractivity contribution in [1.29, 1.82) is 0 Å². The van der Waals surface area contributed by atoms with Crippen LogP contribution < -0.4 is 16.3 Å². The number of nitrogens with one attached hydrogen (secondary N) is 3. The van der Waals surface area contributed by atoms with Crippen molar-refractivity contribution < 1.29 is 22.7 Å². The predicted octanol–water partition coefficient (Wildman–Crippen LogP) is 0.624. The molecule has 166 valence electrons. The van der Waals surface area contributed by atoms with E-state index >= 15 is 0 Å². The summed E-state index contributed by atoms with van der Waals surface area (Å²) in [7, 11) is -3.78. The minimum absolute atomic E-state index is 0.0343. The highest BCUT2D eigenvalue weighted by molar-refractivity contribution is 7.89. The molecule has 10 nitrogen and oxygen atoms in total. The highest BCUT2D eigenvalue weighted by Crippen LogP contribution is 2.18. The van der Waals surface area contributed by atoms with Crippen molar-refractivity contribution in [2.75, 3.05) is 26.3 Å². The van der Waals surface area contributed by atoms with Crippen LogP contribution in [0.15, 0.2) is 64.4 Å². The molecule has 1 aromatic heterocycles. The summed E-state index contributed by atoms with van der Waals surface area (Å²) < 4.78 is 32.1. The van der Waals surface area contributed by atoms with Gasteiger partial charge in [-0.1, -0.05) is 18.2 Å². The summed E-state index contributed by atoms with van der Waals surface area (Å²) in [6.45, 7) is 1.07. The van der Waals surface area contributed by atoms with Gasteiger partial charge in [0.1, 0.15) is 5.56 Å². The maximum Gasteiger partial charge on any atom is 0.275 e. The molecule has 2 aromatic carbocycles. The van der Waals surface area contributed by atoms with Crippen molar-refractivity contribution >= 4 is 32.7 Å². The number of hydrogen-bond acceptors (Lipinski definition) is 6. The molecule has 1 fully saturated rings. The van der Waals surface area contributed by atoms with E-state index in [9.17, 15) is 22.8 Å². The van der Waals surface area contributed by atoms with Crippen LogP contribution in [0.4, 0.5) is 0 Å². The van der Waals surface area contributed by atoms with Crippen LogP contribution in [-0.2, 0) is 14.8 Å². The Labute approximate surface area is 183 Å². The summed E-state index contributed by atoms with van der Waals surface area (Å²) in [5.41, 5.74) is 4.36. The summed E-state index contributed by atoms with van der Waals surface area (Å²) in [6.07, 6.45) is 1.27. The number of hydrazine groups is 1. The van der Waals surface area contributed by atoms with Crippen molar-refractivity contribution in [3.63, 3.8) is 0 Å². The summed E-state index contributed by atoms with van der Waals surface area (Å²) in [4.78, 5) is 40.3. The Balaban J connectivity index is 1.48. The lowest BCUT2D eigenvalue weighted by Gasteiger charge is -2.26. The number of aromatic amines is 1. The maximum absolute atomic E-state index is 12.8. The molecule has 0 saturated carbocycles. The van der Waals surface area contributed by atoms with Gasteiger partial charge in [-0.3, -0.25) is 25.2 Å². The van der Waals surface area contributed by atoms with Crippen LogP contribution in [0.5, 0.6) is 0 Å². The molecule has 2 amide bonds. The number of fused-ring (bicyclic) bond motifs is 1. The lowest BCUT2D eigenvalue weighted by atomic mass is 10.1. The normalized spacial score (nSPS) is 14.8. The fourth-order valence-electron chi connectivity index (χ4n) is 3.32. The van der Waals surface area contributed by atoms with Gasteiger partial charge in [-0.2, -0.15) is 4.31 Å². The first kappa shape index (κ1) is 21.7. The van der Waals surface area contributed by atoms with Crippen molar-refractivity contribution in [2.45, 2.75) is 4.90 Å². The molecule has 3 aromatic rings. The van der Waals surface area contributed by atoms with Gasteiger partial charge in [0, 0.05) is 35.8 Å². The third kappa shape index (κ3) is 4.26. The standard InChI is InChI=1S/C21H20N4O6S/c26-19-16-6-1-2-7-18(16)22-13-17(19)21(28)24-23-20(27)14-4-3-5-15(12-14)32(29,30)25-8-10-31-11-9-25/h1-7,12-13H,8-11H2,(H,22,26)(H,23,27)(H,24,28). The predicted molar refractivity (Wildman–Crippen MR) is 116 cm³/mol.